The first-order chi connectivity index (χ1) is 11.9. The van der Waals surface area contributed by atoms with Crippen LogP contribution in [0.1, 0.15) is 90.0 Å². The van der Waals surface area contributed by atoms with Gasteiger partial charge in [0.2, 0.25) is 0 Å². The Balaban J connectivity index is 0.00000625. The van der Waals surface area contributed by atoms with Crippen LogP contribution in [0.3, 0.4) is 0 Å². The molecule has 0 fully saturated rings. The summed E-state index contributed by atoms with van der Waals surface area (Å²) in [5.41, 5.74) is 0.728. The first-order valence-electron chi connectivity index (χ1n) is 9.96. The molecule has 1 aromatic rings. The molecule has 0 saturated carbocycles. The van der Waals surface area contributed by atoms with Crippen molar-refractivity contribution < 1.29 is 13.0 Å². The van der Waals surface area contributed by atoms with Crippen molar-refractivity contribution in [2.24, 2.45) is 5.92 Å². The van der Waals surface area contributed by atoms with Gasteiger partial charge in [-0.15, -0.1) is 0 Å². The summed E-state index contributed by atoms with van der Waals surface area (Å²) in [7, 11) is -4.10. The molecule has 0 amide bonds. The normalized spacial score (nSPS) is 11.5. The second-order valence-electron chi connectivity index (χ2n) is 7.55. The summed E-state index contributed by atoms with van der Waals surface area (Å²) < 4.78 is 31.9. The van der Waals surface area contributed by atoms with Crippen molar-refractivity contribution in [3.05, 3.63) is 29.8 Å². The molecule has 0 bridgehead atoms. The predicted molar refractivity (Wildman–Crippen MR) is 111 cm³/mol. The Kier molecular flexibility index (Phi) is 15.2. The predicted octanol–water partition coefficient (Wildman–Crippen LogP) is 6.04. The first-order valence-corrected chi connectivity index (χ1v) is 11.4. The van der Waals surface area contributed by atoms with E-state index in [4.69, 9.17) is 0 Å². The van der Waals surface area contributed by atoms with Gasteiger partial charge in [-0.2, -0.15) is 8.42 Å². The van der Waals surface area contributed by atoms with Crippen LogP contribution in [0.2, 0.25) is 0 Å². The second kappa shape index (κ2) is 15.1. The second-order valence-corrected chi connectivity index (χ2v) is 8.94. The van der Waals surface area contributed by atoms with Gasteiger partial charge in [-0.05, 0) is 30.4 Å². The van der Waals surface area contributed by atoms with Crippen molar-refractivity contribution in [1.82, 2.24) is 0 Å². The molecule has 1 radical (unpaired) electrons. The van der Waals surface area contributed by atoms with Crippen LogP contribution in [-0.4, -0.2) is 42.5 Å². The zero-order valence-electron chi connectivity index (χ0n) is 17.0. The van der Waals surface area contributed by atoms with Crippen molar-refractivity contribution in [1.29, 1.82) is 0 Å². The number of unbranched alkanes of at least 4 members (excludes halogenated alkanes) is 9. The van der Waals surface area contributed by atoms with Crippen LogP contribution >= 0.6 is 0 Å². The third-order valence-electron chi connectivity index (χ3n) is 4.73. The molecule has 0 saturated heterocycles. The van der Waals surface area contributed by atoms with E-state index in [1.807, 2.05) is 6.07 Å². The maximum absolute atomic E-state index is 11.3. The molecule has 0 aliphatic rings. The third-order valence-corrected chi connectivity index (χ3v) is 5.68. The number of hydrogen-bond acceptors (Lipinski definition) is 2. The minimum atomic E-state index is -4.10. The van der Waals surface area contributed by atoms with Gasteiger partial charge in [0.1, 0.15) is 0 Å². The quantitative estimate of drug-likeness (QED) is 0.239. The van der Waals surface area contributed by atoms with Gasteiger partial charge in [-0.1, -0.05) is 96.3 Å². The van der Waals surface area contributed by atoms with E-state index in [0.29, 0.717) is 6.42 Å². The Morgan fingerprint density at radius 3 is 1.77 bits per heavy atom. The molecule has 5 heteroatoms. The Hall–Kier alpha value is 0.130. The molecule has 0 aliphatic carbocycles. The van der Waals surface area contributed by atoms with E-state index in [0.717, 1.165) is 24.3 Å². The van der Waals surface area contributed by atoms with E-state index in [2.05, 4.69) is 13.8 Å². The molecule has 3 nitrogen and oxygen atoms in total. The van der Waals surface area contributed by atoms with Crippen LogP contribution in [0.4, 0.5) is 0 Å². The van der Waals surface area contributed by atoms with E-state index in [-0.39, 0.29) is 34.5 Å². The van der Waals surface area contributed by atoms with Crippen LogP contribution in [0.25, 0.3) is 0 Å². The molecule has 0 unspecified atom stereocenters. The van der Waals surface area contributed by atoms with Gasteiger partial charge in [0, 0.05) is 29.6 Å². The number of hydrogen-bond donors (Lipinski definition) is 1. The van der Waals surface area contributed by atoms with E-state index in [1.54, 1.807) is 12.1 Å². The van der Waals surface area contributed by atoms with Crippen LogP contribution < -0.4 is 0 Å². The van der Waals surface area contributed by atoms with Gasteiger partial charge in [0.15, 0.2) is 0 Å². The number of rotatable bonds is 14. The Morgan fingerprint density at radius 1 is 0.808 bits per heavy atom. The molecule has 1 aromatic carbocycles. The van der Waals surface area contributed by atoms with E-state index in [1.165, 1.54) is 63.9 Å². The summed E-state index contributed by atoms with van der Waals surface area (Å²) >= 11 is 0. The topological polar surface area (TPSA) is 54.4 Å². The van der Waals surface area contributed by atoms with Crippen molar-refractivity contribution in [2.75, 3.05) is 0 Å². The monoisotopic (exact) mass is 391 g/mol. The Morgan fingerprint density at radius 2 is 1.27 bits per heavy atom. The molecule has 26 heavy (non-hydrogen) atoms. The molecule has 145 valence electrons. The van der Waals surface area contributed by atoms with Crippen LogP contribution in [0, 0.1) is 5.92 Å². The van der Waals surface area contributed by atoms with Crippen LogP contribution in [0.5, 0.6) is 0 Å². The average Bonchev–Trinajstić information content (AvgIpc) is 2.55. The van der Waals surface area contributed by atoms with Crippen LogP contribution in [-0.2, 0) is 16.5 Å². The van der Waals surface area contributed by atoms with Gasteiger partial charge in [-0.25, -0.2) is 0 Å². The molecule has 0 aromatic heterocycles. The molecule has 0 atom stereocenters. The molecular formula is C21H36NaO3S. The van der Waals surface area contributed by atoms with E-state index < -0.39 is 10.1 Å². The summed E-state index contributed by atoms with van der Waals surface area (Å²) in [6, 6.07) is 6.74. The minimum absolute atomic E-state index is 0. The molecule has 0 heterocycles. The largest absolute Gasteiger partial charge is 0.294 e. The zero-order valence-corrected chi connectivity index (χ0v) is 19.9. The number of benzene rings is 1. The van der Waals surface area contributed by atoms with Crippen molar-refractivity contribution in [2.45, 2.75) is 95.8 Å². The van der Waals surface area contributed by atoms with E-state index in [9.17, 15) is 13.0 Å². The number of aryl methyl sites for hydroxylation is 1. The van der Waals surface area contributed by atoms with Gasteiger partial charge in [0.25, 0.3) is 10.1 Å². The summed E-state index contributed by atoms with van der Waals surface area (Å²) in [5, 5.41) is 0. The fourth-order valence-electron chi connectivity index (χ4n) is 3.24. The Bertz CT molecular complexity index is 570. The van der Waals surface area contributed by atoms with Crippen molar-refractivity contribution in [3.63, 3.8) is 0 Å². The van der Waals surface area contributed by atoms with Crippen molar-refractivity contribution in [3.8, 4) is 0 Å². The smallest absolute Gasteiger partial charge is 0.282 e. The summed E-state index contributed by atoms with van der Waals surface area (Å²) in [5.74, 6) is 0.837. The van der Waals surface area contributed by atoms with Crippen LogP contribution in [0.15, 0.2) is 29.2 Å². The minimum Gasteiger partial charge on any atom is -0.282 e. The SMILES string of the molecule is CC(C)CCCCCCCCCCCCc1ccccc1S(=O)(=O)O.[Na]. The van der Waals surface area contributed by atoms with Gasteiger partial charge in [-0.3, -0.25) is 4.55 Å². The molecule has 0 aliphatic heterocycles. The summed E-state index contributed by atoms with van der Waals surface area (Å²) in [4.78, 5) is 0.0625. The fraction of sp³-hybridized carbons (Fsp3) is 0.714. The van der Waals surface area contributed by atoms with Gasteiger partial charge in [0.05, 0.1) is 4.90 Å². The standard InChI is InChI=1S/C21H36O3S.Na/c1-19(2)15-11-9-7-5-3-4-6-8-10-12-16-20-17-13-14-18-21(20)25(22,23)24;/h13-14,17-19H,3-12,15-16H2,1-2H3,(H,22,23,24);. The zero-order chi connectivity index (χ0) is 18.5. The fourth-order valence-corrected chi connectivity index (χ4v) is 4.00. The van der Waals surface area contributed by atoms with Crippen molar-refractivity contribution >= 4 is 39.7 Å². The van der Waals surface area contributed by atoms with Gasteiger partial charge < -0.3 is 0 Å². The third kappa shape index (κ3) is 12.5. The summed E-state index contributed by atoms with van der Waals surface area (Å²) in [6.07, 6.45) is 14.8. The average molecular weight is 392 g/mol. The molecule has 0 spiro atoms. The molecule has 1 rings (SSSR count). The van der Waals surface area contributed by atoms with E-state index >= 15 is 0 Å². The Labute approximate surface area is 183 Å². The molecule has 1 N–H and O–H groups in total. The summed E-state index contributed by atoms with van der Waals surface area (Å²) in [6.45, 7) is 4.59. The first kappa shape index (κ1) is 26.1. The maximum Gasteiger partial charge on any atom is 0.294 e. The molecular weight excluding hydrogens is 355 g/mol. The maximum atomic E-state index is 11.3. The van der Waals surface area contributed by atoms with Gasteiger partial charge >= 0.3 is 0 Å².